The Morgan fingerprint density at radius 2 is 2.05 bits per heavy atom. The number of carbonyl (C=O) groups excluding carboxylic acids is 1. The highest BCUT2D eigenvalue weighted by atomic mass is 16.5. The zero-order valence-electron chi connectivity index (χ0n) is 12.5. The molecule has 0 radical (unpaired) electrons. The van der Waals surface area contributed by atoms with E-state index in [0.29, 0.717) is 6.54 Å². The number of benzene rings is 1. The van der Waals surface area contributed by atoms with Gasteiger partial charge < -0.3 is 15.0 Å². The van der Waals surface area contributed by atoms with E-state index in [2.05, 4.69) is 36.2 Å². The molecule has 0 saturated carbocycles. The molecule has 0 saturated heterocycles. The Balaban J connectivity index is 2.99. The number of aryl methyl sites for hydroxylation is 1. The standard InChI is InChI=1S/C15H24N2O2/c1-6-17(13-10-8-7-9-12(13)2)11-15(3,16-4)14(18)19-5/h7-10,16H,6,11H2,1-5H3. The van der Waals surface area contributed by atoms with E-state index in [1.807, 2.05) is 19.1 Å². The topological polar surface area (TPSA) is 41.6 Å². The van der Waals surface area contributed by atoms with Gasteiger partial charge >= 0.3 is 5.97 Å². The highest BCUT2D eigenvalue weighted by Gasteiger charge is 2.34. The molecular formula is C15H24N2O2. The molecule has 4 heteroatoms. The number of hydrogen-bond acceptors (Lipinski definition) is 4. The molecule has 4 nitrogen and oxygen atoms in total. The third-order valence-corrected chi connectivity index (χ3v) is 3.53. The van der Waals surface area contributed by atoms with Crippen molar-refractivity contribution in [2.24, 2.45) is 0 Å². The average Bonchev–Trinajstić information content (AvgIpc) is 2.44. The molecule has 0 heterocycles. The van der Waals surface area contributed by atoms with Crippen LogP contribution in [0.25, 0.3) is 0 Å². The van der Waals surface area contributed by atoms with Crippen LogP contribution in [0.15, 0.2) is 24.3 Å². The number of esters is 1. The molecule has 19 heavy (non-hydrogen) atoms. The maximum atomic E-state index is 11.9. The van der Waals surface area contributed by atoms with Crippen LogP contribution in [0.3, 0.4) is 0 Å². The molecule has 1 N–H and O–H groups in total. The molecule has 0 bridgehead atoms. The van der Waals surface area contributed by atoms with Gasteiger partial charge in [-0.1, -0.05) is 18.2 Å². The number of carbonyl (C=O) groups is 1. The number of nitrogens with zero attached hydrogens (tertiary/aromatic N) is 1. The van der Waals surface area contributed by atoms with Gasteiger partial charge in [-0.25, -0.2) is 4.79 Å². The van der Waals surface area contributed by atoms with Gasteiger partial charge in [0, 0.05) is 18.8 Å². The summed E-state index contributed by atoms with van der Waals surface area (Å²) in [7, 11) is 3.20. The van der Waals surface area contributed by atoms with Crippen LogP contribution in [0.5, 0.6) is 0 Å². The number of likely N-dealkylation sites (N-methyl/N-ethyl adjacent to an activating group) is 2. The summed E-state index contributed by atoms with van der Waals surface area (Å²) >= 11 is 0. The second kappa shape index (κ2) is 6.57. The van der Waals surface area contributed by atoms with Crippen molar-refractivity contribution < 1.29 is 9.53 Å². The van der Waals surface area contributed by atoms with E-state index < -0.39 is 5.54 Å². The maximum absolute atomic E-state index is 11.9. The van der Waals surface area contributed by atoms with Crippen LogP contribution in [-0.4, -0.2) is 38.8 Å². The van der Waals surface area contributed by atoms with Crippen molar-refractivity contribution in [2.45, 2.75) is 26.3 Å². The fourth-order valence-electron chi connectivity index (χ4n) is 2.14. The Morgan fingerprint density at radius 1 is 1.42 bits per heavy atom. The van der Waals surface area contributed by atoms with Crippen molar-refractivity contribution in [1.82, 2.24) is 5.32 Å². The van der Waals surface area contributed by atoms with E-state index in [0.717, 1.165) is 12.2 Å². The van der Waals surface area contributed by atoms with Crippen LogP contribution in [-0.2, 0) is 9.53 Å². The summed E-state index contributed by atoms with van der Waals surface area (Å²) in [5, 5.41) is 3.07. The Hall–Kier alpha value is -1.55. The summed E-state index contributed by atoms with van der Waals surface area (Å²) in [6, 6.07) is 8.18. The lowest BCUT2D eigenvalue weighted by atomic mass is 10.0. The molecule has 0 aliphatic carbocycles. The summed E-state index contributed by atoms with van der Waals surface area (Å²) in [6.45, 7) is 7.42. The van der Waals surface area contributed by atoms with Gasteiger partial charge in [-0.05, 0) is 39.4 Å². The van der Waals surface area contributed by atoms with E-state index in [1.165, 1.54) is 12.7 Å². The molecule has 0 spiro atoms. The molecule has 0 aromatic heterocycles. The minimum Gasteiger partial charge on any atom is -0.468 e. The Kier molecular flexibility index (Phi) is 5.36. The first-order chi connectivity index (χ1) is 8.98. The smallest absolute Gasteiger partial charge is 0.327 e. The van der Waals surface area contributed by atoms with Crippen LogP contribution in [0.2, 0.25) is 0 Å². The van der Waals surface area contributed by atoms with Gasteiger partial charge in [0.1, 0.15) is 5.54 Å². The van der Waals surface area contributed by atoms with Crippen LogP contribution >= 0.6 is 0 Å². The summed E-state index contributed by atoms with van der Waals surface area (Å²) in [4.78, 5) is 14.1. The third kappa shape index (κ3) is 3.47. The second-order valence-electron chi connectivity index (χ2n) is 4.87. The zero-order chi connectivity index (χ0) is 14.5. The van der Waals surface area contributed by atoms with Crippen molar-refractivity contribution in [3.05, 3.63) is 29.8 Å². The molecule has 0 aliphatic rings. The first-order valence-electron chi connectivity index (χ1n) is 6.56. The number of para-hydroxylation sites is 1. The van der Waals surface area contributed by atoms with E-state index in [9.17, 15) is 4.79 Å². The molecule has 0 aliphatic heterocycles. The predicted molar refractivity (Wildman–Crippen MR) is 78.5 cm³/mol. The highest BCUT2D eigenvalue weighted by Crippen LogP contribution is 2.21. The highest BCUT2D eigenvalue weighted by molar-refractivity contribution is 5.81. The Labute approximate surface area is 115 Å². The SMILES string of the molecule is CCN(CC(C)(NC)C(=O)OC)c1ccccc1C. The second-order valence-corrected chi connectivity index (χ2v) is 4.87. The van der Waals surface area contributed by atoms with Gasteiger partial charge in [-0.3, -0.25) is 0 Å². The number of anilines is 1. The minimum atomic E-state index is -0.715. The molecule has 0 amide bonds. The van der Waals surface area contributed by atoms with Crippen molar-refractivity contribution >= 4 is 11.7 Å². The maximum Gasteiger partial charge on any atom is 0.327 e. The molecule has 1 unspecified atom stereocenters. The first-order valence-corrected chi connectivity index (χ1v) is 6.56. The van der Waals surface area contributed by atoms with Crippen LogP contribution in [0, 0.1) is 6.92 Å². The minimum absolute atomic E-state index is 0.248. The van der Waals surface area contributed by atoms with Gasteiger partial charge in [0.15, 0.2) is 0 Å². The molecular weight excluding hydrogens is 240 g/mol. The number of ether oxygens (including phenoxy) is 1. The number of methoxy groups -OCH3 is 1. The van der Waals surface area contributed by atoms with E-state index in [4.69, 9.17) is 4.74 Å². The van der Waals surface area contributed by atoms with Gasteiger partial charge in [-0.2, -0.15) is 0 Å². The predicted octanol–water partition coefficient (Wildman–Crippen LogP) is 1.97. The van der Waals surface area contributed by atoms with Crippen LogP contribution in [0.4, 0.5) is 5.69 Å². The summed E-state index contributed by atoms with van der Waals surface area (Å²) in [6.07, 6.45) is 0. The average molecular weight is 264 g/mol. The Morgan fingerprint density at radius 3 is 2.53 bits per heavy atom. The van der Waals surface area contributed by atoms with Gasteiger partial charge in [-0.15, -0.1) is 0 Å². The fourth-order valence-corrected chi connectivity index (χ4v) is 2.14. The number of nitrogens with one attached hydrogen (secondary N) is 1. The largest absolute Gasteiger partial charge is 0.468 e. The normalized spacial score (nSPS) is 13.7. The van der Waals surface area contributed by atoms with Crippen LogP contribution < -0.4 is 10.2 Å². The van der Waals surface area contributed by atoms with Crippen molar-refractivity contribution in [1.29, 1.82) is 0 Å². The van der Waals surface area contributed by atoms with Crippen molar-refractivity contribution in [2.75, 3.05) is 32.1 Å². The van der Waals surface area contributed by atoms with Crippen molar-refractivity contribution in [3.63, 3.8) is 0 Å². The number of hydrogen-bond donors (Lipinski definition) is 1. The quantitative estimate of drug-likeness (QED) is 0.798. The molecule has 1 atom stereocenters. The fraction of sp³-hybridized carbons (Fsp3) is 0.533. The lowest BCUT2D eigenvalue weighted by Gasteiger charge is -2.34. The molecule has 1 rings (SSSR count). The zero-order valence-corrected chi connectivity index (χ0v) is 12.5. The Bertz CT molecular complexity index is 434. The molecule has 0 fully saturated rings. The van der Waals surface area contributed by atoms with Gasteiger partial charge in [0.25, 0.3) is 0 Å². The number of rotatable bonds is 6. The van der Waals surface area contributed by atoms with Crippen molar-refractivity contribution in [3.8, 4) is 0 Å². The van der Waals surface area contributed by atoms with Crippen LogP contribution in [0.1, 0.15) is 19.4 Å². The summed E-state index contributed by atoms with van der Waals surface area (Å²) in [5.74, 6) is -0.248. The lowest BCUT2D eigenvalue weighted by molar-refractivity contribution is -0.147. The monoisotopic (exact) mass is 264 g/mol. The summed E-state index contributed by atoms with van der Waals surface area (Å²) in [5.41, 5.74) is 1.63. The molecule has 1 aromatic rings. The summed E-state index contributed by atoms with van der Waals surface area (Å²) < 4.78 is 4.89. The third-order valence-electron chi connectivity index (χ3n) is 3.53. The van der Waals surface area contributed by atoms with Gasteiger partial charge in [0.2, 0.25) is 0 Å². The van der Waals surface area contributed by atoms with Gasteiger partial charge in [0.05, 0.1) is 7.11 Å². The first kappa shape index (κ1) is 15.5. The van der Waals surface area contributed by atoms with E-state index >= 15 is 0 Å². The van der Waals surface area contributed by atoms with E-state index in [1.54, 1.807) is 7.05 Å². The van der Waals surface area contributed by atoms with E-state index in [-0.39, 0.29) is 5.97 Å². The lowest BCUT2D eigenvalue weighted by Crippen LogP contribution is -2.56. The molecule has 106 valence electrons. The molecule has 1 aromatic carbocycles.